The number of rotatable bonds is 5. The van der Waals surface area contributed by atoms with Crippen molar-refractivity contribution in [3.63, 3.8) is 0 Å². The molecule has 2 aromatic heterocycles. The zero-order chi connectivity index (χ0) is 22.6. The van der Waals surface area contributed by atoms with Crippen LogP contribution in [0.25, 0.3) is 10.6 Å². The Balaban J connectivity index is 1.08. The molecule has 1 aliphatic carbocycles. The minimum atomic E-state index is 0.159. The van der Waals surface area contributed by atoms with Crippen molar-refractivity contribution in [2.24, 2.45) is 5.92 Å². The van der Waals surface area contributed by atoms with Gasteiger partial charge in [0.15, 0.2) is 5.82 Å². The minimum Gasteiger partial charge on any atom is -0.355 e. The molecule has 0 spiro atoms. The highest BCUT2D eigenvalue weighted by Crippen LogP contribution is 2.29. The molecule has 0 bridgehead atoms. The molecule has 0 radical (unpaired) electrons. The summed E-state index contributed by atoms with van der Waals surface area (Å²) in [6.07, 6.45) is 11.0. The first kappa shape index (κ1) is 22.8. The lowest BCUT2D eigenvalue weighted by molar-refractivity contribution is -0.137. The molecule has 3 aliphatic rings. The second-order valence-electron chi connectivity index (χ2n) is 10.0. The average Bonchev–Trinajstić information content (AvgIpc) is 3.44. The molecule has 1 amide bonds. The number of thiophene rings is 1. The quantitative estimate of drug-likeness (QED) is 0.639. The minimum absolute atomic E-state index is 0.159. The Morgan fingerprint density at radius 3 is 2.27 bits per heavy atom. The maximum atomic E-state index is 13.2. The van der Waals surface area contributed by atoms with Crippen molar-refractivity contribution in [3.8, 4) is 10.6 Å². The van der Waals surface area contributed by atoms with Crippen molar-refractivity contribution in [1.29, 1.82) is 0 Å². The van der Waals surface area contributed by atoms with Crippen LogP contribution in [0.4, 0.5) is 5.82 Å². The molecule has 6 nitrogen and oxygen atoms in total. The van der Waals surface area contributed by atoms with Crippen LogP contribution in [-0.4, -0.2) is 71.2 Å². The summed E-state index contributed by atoms with van der Waals surface area (Å²) in [6, 6.07) is 9.64. The Morgan fingerprint density at radius 2 is 1.64 bits per heavy atom. The predicted octanol–water partition coefficient (Wildman–Crippen LogP) is 4.68. The van der Waals surface area contributed by atoms with Crippen molar-refractivity contribution < 1.29 is 4.79 Å². The third-order valence-corrected chi connectivity index (χ3v) is 8.99. The van der Waals surface area contributed by atoms with Crippen LogP contribution < -0.4 is 4.90 Å². The summed E-state index contributed by atoms with van der Waals surface area (Å²) in [5, 5.41) is 10.9. The van der Waals surface area contributed by atoms with Gasteiger partial charge in [0.05, 0.1) is 4.88 Å². The predicted molar refractivity (Wildman–Crippen MR) is 135 cm³/mol. The first-order valence-electron chi connectivity index (χ1n) is 12.8. The standard InChI is InChI=1S/C26H37N5OS/c1-29(21-6-3-2-4-7-21)22-13-17-31(18-14-22)26(32)20-11-15-30(16-12-20)25-10-9-23(27-28-25)24-8-5-19-33-24/h5,8-10,19-22H,2-4,6-7,11-18H2,1H3. The average molecular weight is 468 g/mol. The SMILES string of the molecule is CN(C1CCCCC1)C1CCN(C(=O)C2CCN(c3ccc(-c4cccs4)nn3)CC2)CC1. The number of aromatic nitrogens is 2. The van der Waals surface area contributed by atoms with E-state index in [0.29, 0.717) is 11.9 Å². The number of nitrogens with zero attached hydrogens (tertiary/aromatic N) is 5. The molecule has 5 rings (SSSR count). The fourth-order valence-corrected chi connectivity index (χ4v) is 6.63. The van der Waals surface area contributed by atoms with Gasteiger partial charge in [-0.05, 0) is 69.2 Å². The molecule has 2 aromatic rings. The van der Waals surface area contributed by atoms with Gasteiger partial charge in [0, 0.05) is 44.2 Å². The highest BCUT2D eigenvalue weighted by atomic mass is 32.1. The molecule has 7 heteroatoms. The fraction of sp³-hybridized carbons (Fsp3) is 0.654. The lowest BCUT2D eigenvalue weighted by Gasteiger charge is -2.42. The molecule has 33 heavy (non-hydrogen) atoms. The number of anilines is 1. The van der Waals surface area contributed by atoms with Crippen LogP contribution in [0.15, 0.2) is 29.6 Å². The number of carbonyl (C=O) groups is 1. The molecular weight excluding hydrogens is 430 g/mol. The molecule has 0 atom stereocenters. The number of likely N-dealkylation sites (tertiary alicyclic amines) is 1. The van der Waals surface area contributed by atoms with Crippen molar-refractivity contribution >= 4 is 23.1 Å². The van der Waals surface area contributed by atoms with E-state index in [9.17, 15) is 4.79 Å². The van der Waals surface area contributed by atoms with Crippen LogP contribution in [0.5, 0.6) is 0 Å². The lowest BCUT2D eigenvalue weighted by Crippen LogP contribution is -2.51. The number of hydrogen-bond donors (Lipinski definition) is 0. The molecule has 0 unspecified atom stereocenters. The fourth-order valence-electron chi connectivity index (χ4n) is 5.94. The van der Waals surface area contributed by atoms with Crippen molar-refractivity contribution in [2.75, 3.05) is 38.1 Å². The summed E-state index contributed by atoms with van der Waals surface area (Å²) >= 11 is 1.68. The van der Waals surface area contributed by atoms with Crippen LogP contribution in [0.3, 0.4) is 0 Å². The molecule has 0 N–H and O–H groups in total. The van der Waals surface area contributed by atoms with Crippen LogP contribution >= 0.6 is 11.3 Å². The van der Waals surface area contributed by atoms with Crippen molar-refractivity contribution in [2.45, 2.75) is 69.9 Å². The van der Waals surface area contributed by atoms with Crippen LogP contribution in [0.1, 0.15) is 57.8 Å². The zero-order valence-corrected chi connectivity index (χ0v) is 20.7. The van der Waals surface area contributed by atoms with Gasteiger partial charge in [0.2, 0.25) is 5.91 Å². The normalized spacial score (nSPS) is 21.6. The zero-order valence-electron chi connectivity index (χ0n) is 19.9. The second kappa shape index (κ2) is 10.5. The van der Waals surface area contributed by atoms with Gasteiger partial charge in [0.1, 0.15) is 5.69 Å². The second-order valence-corrected chi connectivity index (χ2v) is 11.0. The molecule has 1 saturated carbocycles. The van der Waals surface area contributed by atoms with Gasteiger partial charge in [-0.3, -0.25) is 4.79 Å². The van der Waals surface area contributed by atoms with E-state index >= 15 is 0 Å². The Bertz CT molecular complexity index is 880. The van der Waals surface area contributed by atoms with Crippen LogP contribution in [-0.2, 0) is 4.79 Å². The summed E-state index contributed by atoms with van der Waals surface area (Å²) < 4.78 is 0. The number of carbonyl (C=O) groups excluding carboxylic acids is 1. The summed E-state index contributed by atoms with van der Waals surface area (Å²) in [5.41, 5.74) is 0.927. The van der Waals surface area contributed by atoms with Crippen molar-refractivity contribution in [1.82, 2.24) is 20.0 Å². The molecular formula is C26H37N5OS. The number of piperidine rings is 2. The van der Waals surface area contributed by atoms with Crippen molar-refractivity contribution in [3.05, 3.63) is 29.6 Å². The Morgan fingerprint density at radius 1 is 0.909 bits per heavy atom. The lowest BCUT2D eigenvalue weighted by atomic mass is 9.91. The maximum Gasteiger partial charge on any atom is 0.225 e. The highest BCUT2D eigenvalue weighted by molar-refractivity contribution is 7.13. The Kier molecular flexibility index (Phi) is 7.26. The van der Waals surface area contributed by atoms with Gasteiger partial charge in [-0.1, -0.05) is 25.3 Å². The van der Waals surface area contributed by atoms with Gasteiger partial charge < -0.3 is 14.7 Å². The van der Waals surface area contributed by atoms with E-state index in [4.69, 9.17) is 0 Å². The van der Waals surface area contributed by atoms with Gasteiger partial charge >= 0.3 is 0 Å². The largest absolute Gasteiger partial charge is 0.355 e. The van der Waals surface area contributed by atoms with E-state index in [1.165, 1.54) is 32.1 Å². The molecule has 178 valence electrons. The van der Waals surface area contributed by atoms with Gasteiger partial charge in [-0.25, -0.2) is 0 Å². The first-order chi connectivity index (χ1) is 16.2. The molecule has 4 heterocycles. The molecule has 2 saturated heterocycles. The third-order valence-electron chi connectivity index (χ3n) is 8.10. The number of hydrogen-bond acceptors (Lipinski definition) is 6. The van der Waals surface area contributed by atoms with Gasteiger partial charge in [-0.2, -0.15) is 0 Å². The van der Waals surface area contributed by atoms with E-state index in [2.05, 4.69) is 55.5 Å². The van der Waals surface area contributed by atoms with Crippen LogP contribution in [0.2, 0.25) is 0 Å². The van der Waals surface area contributed by atoms with Gasteiger partial charge in [0.25, 0.3) is 0 Å². The number of amides is 1. The van der Waals surface area contributed by atoms with E-state index in [1.807, 2.05) is 6.07 Å². The highest BCUT2D eigenvalue weighted by Gasteiger charge is 2.33. The topological polar surface area (TPSA) is 52.6 Å². The third kappa shape index (κ3) is 5.24. The Hall–Kier alpha value is -1.99. The van der Waals surface area contributed by atoms with E-state index in [-0.39, 0.29) is 5.92 Å². The maximum absolute atomic E-state index is 13.2. The van der Waals surface area contributed by atoms with E-state index in [1.54, 1.807) is 11.3 Å². The smallest absolute Gasteiger partial charge is 0.225 e. The molecule has 2 aliphatic heterocycles. The van der Waals surface area contributed by atoms with Gasteiger partial charge in [-0.15, -0.1) is 21.5 Å². The summed E-state index contributed by atoms with van der Waals surface area (Å²) in [4.78, 5) is 21.4. The molecule has 3 fully saturated rings. The van der Waals surface area contributed by atoms with E-state index in [0.717, 1.165) is 74.3 Å². The van der Waals surface area contributed by atoms with Crippen LogP contribution in [0, 0.1) is 5.92 Å². The monoisotopic (exact) mass is 467 g/mol. The van der Waals surface area contributed by atoms with E-state index < -0.39 is 0 Å². The summed E-state index contributed by atoms with van der Waals surface area (Å²) in [6.45, 7) is 3.61. The summed E-state index contributed by atoms with van der Waals surface area (Å²) in [5.74, 6) is 1.47. The Labute approximate surface area is 202 Å². The molecule has 0 aromatic carbocycles. The summed E-state index contributed by atoms with van der Waals surface area (Å²) in [7, 11) is 2.32. The first-order valence-corrected chi connectivity index (χ1v) is 13.7.